The van der Waals surface area contributed by atoms with E-state index in [0.717, 1.165) is 12.8 Å². The second kappa shape index (κ2) is 5.89. The lowest BCUT2D eigenvalue weighted by Crippen LogP contribution is -2.40. The van der Waals surface area contributed by atoms with Crippen LogP contribution >= 0.6 is 11.6 Å². The number of hydrogen-bond donors (Lipinski definition) is 2. The molecule has 2 N–H and O–H groups in total. The Kier molecular flexibility index (Phi) is 4.59. The van der Waals surface area contributed by atoms with Gasteiger partial charge in [0.25, 0.3) is 0 Å². The van der Waals surface area contributed by atoms with Crippen molar-refractivity contribution < 1.29 is 18.3 Å². The van der Waals surface area contributed by atoms with Gasteiger partial charge in [-0.25, -0.2) is 13.1 Å². The molecule has 0 bridgehead atoms. The molecule has 1 aliphatic rings. The lowest BCUT2D eigenvalue weighted by atomic mass is 10.0. The minimum absolute atomic E-state index is 0.00496. The number of hydrogen-bond acceptors (Lipinski definition) is 4. The number of halogens is 1. The zero-order chi connectivity index (χ0) is 14.8. The van der Waals surface area contributed by atoms with Gasteiger partial charge in [-0.2, -0.15) is 0 Å². The highest BCUT2D eigenvalue weighted by atomic mass is 35.5. The fourth-order valence-electron chi connectivity index (χ4n) is 2.38. The lowest BCUT2D eigenvalue weighted by Gasteiger charge is -2.22. The molecule has 1 aliphatic carbocycles. The van der Waals surface area contributed by atoms with Crippen LogP contribution in [0.2, 0.25) is 5.02 Å². The second-order valence-electron chi connectivity index (χ2n) is 5.05. The molecule has 112 valence electrons. The van der Waals surface area contributed by atoms with Crippen molar-refractivity contribution >= 4 is 21.6 Å². The van der Waals surface area contributed by atoms with Crippen molar-refractivity contribution in [2.24, 2.45) is 0 Å². The Labute approximate surface area is 124 Å². The standard InChI is InChI=1S/C13H18ClNO4S/c1-19-11-5-4-10(14)8-12(11)20(17,18)15-9-13(16)6-2-3-7-13/h4-5,8,15-16H,2-3,6-7,9H2,1H3. The number of methoxy groups -OCH3 is 1. The molecular formula is C13H18ClNO4S. The largest absolute Gasteiger partial charge is 0.495 e. The number of rotatable bonds is 5. The predicted octanol–water partition coefficient (Wildman–Crippen LogP) is 1.93. The minimum atomic E-state index is -3.77. The zero-order valence-corrected chi connectivity index (χ0v) is 12.8. The van der Waals surface area contributed by atoms with E-state index in [0.29, 0.717) is 17.9 Å². The van der Waals surface area contributed by atoms with Crippen molar-refractivity contribution in [3.63, 3.8) is 0 Å². The van der Waals surface area contributed by atoms with E-state index in [-0.39, 0.29) is 17.2 Å². The van der Waals surface area contributed by atoms with Gasteiger partial charge in [0.2, 0.25) is 10.0 Å². The lowest BCUT2D eigenvalue weighted by molar-refractivity contribution is 0.0531. The third kappa shape index (κ3) is 3.44. The highest BCUT2D eigenvalue weighted by molar-refractivity contribution is 7.89. The smallest absolute Gasteiger partial charge is 0.244 e. The maximum absolute atomic E-state index is 12.3. The third-order valence-corrected chi connectivity index (χ3v) is 5.20. The van der Waals surface area contributed by atoms with Crippen LogP contribution in [0, 0.1) is 0 Å². The van der Waals surface area contributed by atoms with Gasteiger partial charge in [0.15, 0.2) is 0 Å². The summed E-state index contributed by atoms with van der Waals surface area (Å²) >= 11 is 5.84. The van der Waals surface area contributed by atoms with Crippen LogP contribution < -0.4 is 9.46 Å². The maximum atomic E-state index is 12.3. The summed E-state index contributed by atoms with van der Waals surface area (Å²) in [6, 6.07) is 4.40. The molecule has 0 radical (unpaired) electrons. The van der Waals surface area contributed by atoms with Crippen LogP contribution in [-0.2, 0) is 10.0 Å². The Morgan fingerprint density at radius 3 is 2.65 bits per heavy atom. The van der Waals surface area contributed by atoms with Crippen LogP contribution in [0.3, 0.4) is 0 Å². The summed E-state index contributed by atoms with van der Waals surface area (Å²) < 4.78 is 32.1. The number of benzene rings is 1. The normalized spacial score (nSPS) is 18.1. The van der Waals surface area contributed by atoms with Gasteiger partial charge in [0.05, 0.1) is 12.7 Å². The van der Waals surface area contributed by atoms with Crippen molar-refractivity contribution in [1.82, 2.24) is 4.72 Å². The molecule has 1 fully saturated rings. The Hall–Kier alpha value is -0.820. The fourth-order valence-corrected chi connectivity index (χ4v) is 3.93. The molecule has 0 unspecified atom stereocenters. The molecule has 1 saturated carbocycles. The van der Waals surface area contributed by atoms with Crippen molar-refractivity contribution in [3.05, 3.63) is 23.2 Å². The summed E-state index contributed by atoms with van der Waals surface area (Å²) in [6.07, 6.45) is 3.06. The van der Waals surface area contributed by atoms with Gasteiger partial charge in [-0.1, -0.05) is 24.4 Å². The first kappa shape index (κ1) is 15.6. The molecule has 0 atom stereocenters. The Morgan fingerprint density at radius 1 is 1.40 bits per heavy atom. The fraction of sp³-hybridized carbons (Fsp3) is 0.538. The van der Waals surface area contributed by atoms with Crippen LogP contribution in [0.5, 0.6) is 5.75 Å². The Morgan fingerprint density at radius 2 is 2.05 bits per heavy atom. The van der Waals surface area contributed by atoms with Gasteiger partial charge in [0, 0.05) is 11.6 Å². The summed E-state index contributed by atoms with van der Waals surface area (Å²) in [6.45, 7) is 0.00496. The molecule has 0 heterocycles. The number of sulfonamides is 1. The van der Waals surface area contributed by atoms with Crippen molar-refractivity contribution in [2.75, 3.05) is 13.7 Å². The molecule has 2 rings (SSSR count). The first-order valence-electron chi connectivity index (χ1n) is 6.42. The van der Waals surface area contributed by atoms with Gasteiger partial charge in [-0.05, 0) is 31.0 Å². The van der Waals surface area contributed by atoms with Crippen molar-refractivity contribution in [2.45, 2.75) is 36.2 Å². The van der Waals surface area contributed by atoms with E-state index in [9.17, 15) is 13.5 Å². The van der Waals surface area contributed by atoms with E-state index in [4.69, 9.17) is 16.3 Å². The summed E-state index contributed by atoms with van der Waals surface area (Å²) in [5, 5.41) is 10.5. The van der Waals surface area contributed by atoms with Gasteiger partial charge >= 0.3 is 0 Å². The van der Waals surface area contributed by atoms with Gasteiger partial charge < -0.3 is 9.84 Å². The zero-order valence-electron chi connectivity index (χ0n) is 11.2. The Balaban J connectivity index is 2.20. The minimum Gasteiger partial charge on any atom is -0.495 e. The average Bonchev–Trinajstić information content (AvgIpc) is 2.84. The molecule has 1 aromatic rings. The molecule has 0 saturated heterocycles. The van der Waals surface area contributed by atoms with Crippen LogP contribution in [0.1, 0.15) is 25.7 Å². The van der Waals surface area contributed by atoms with Crippen LogP contribution in [-0.4, -0.2) is 32.8 Å². The first-order chi connectivity index (χ1) is 9.36. The van der Waals surface area contributed by atoms with Crippen LogP contribution in [0.4, 0.5) is 0 Å². The molecule has 20 heavy (non-hydrogen) atoms. The Bertz CT molecular complexity index is 582. The SMILES string of the molecule is COc1ccc(Cl)cc1S(=O)(=O)NCC1(O)CCCC1. The second-order valence-corrected chi connectivity index (χ2v) is 7.22. The molecule has 0 aliphatic heterocycles. The van der Waals surface area contributed by atoms with Crippen LogP contribution in [0.15, 0.2) is 23.1 Å². The molecule has 1 aromatic carbocycles. The van der Waals surface area contributed by atoms with Crippen LogP contribution in [0.25, 0.3) is 0 Å². The van der Waals surface area contributed by atoms with Crippen molar-refractivity contribution in [1.29, 1.82) is 0 Å². The van der Waals surface area contributed by atoms with E-state index in [2.05, 4.69) is 4.72 Å². The monoisotopic (exact) mass is 319 g/mol. The topological polar surface area (TPSA) is 75.6 Å². The average molecular weight is 320 g/mol. The maximum Gasteiger partial charge on any atom is 0.244 e. The highest BCUT2D eigenvalue weighted by Crippen LogP contribution is 2.30. The first-order valence-corrected chi connectivity index (χ1v) is 8.28. The molecule has 0 aromatic heterocycles. The van der Waals surface area contributed by atoms with Gasteiger partial charge in [-0.15, -0.1) is 0 Å². The molecular weight excluding hydrogens is 302 g/mol. The van der Waals surface area contributed by atoms with Gasteiger partial charge in [0.1, 0.15) is 10.6 Å². The molecule has 5 nitrogen and oxygen atoms in total. The van der Waals surface area contributed by atoms with E-state index in [1.807, 2.05) is 0 Å². The molecule has 7 heteroatoms. The molecule has 0 amide bonds. The highest BCUT2D eigenvalue weighted by Gasteiger charge is 2.33. The predicted molar refractivity (Wildman–Crippen MR) is 76.6 cm³/mol. The van der Waals surface area contributed by atoms with Crippen molar-refractivity contribution in [3.8, 4) is 5.75 Å². The molecule has 0 spiro atoms. The third-order valence-electron chi connectivity index (χ3n) is 3.54. The quantitative estimate of drug-likeness (QED) is 0.869. The van der Waals surface area contributed by atoms with Gasteiger partial charge in [-0.3, -0.25) is 0 Å². The summed E-state index contributed by atoms with van der Waals surface area (Å²) in [5.74, 6) is 0.223. The summed E-state index contributed by atoms with van der Waals surface area (Å²) in [4.78, 5) is -0.0194. The number of aliphatic hydroxyl groups is 1. The van der Waals surface area contributed by atoms with E-state index >= 15 is 0 Å². The number of ether oxygens (including phenoxy) is 1. The summed E-state index contributed by atoms with van der Waals surface area (Å²) in [5.41, 5.74) is -0.946. The van der Waals surface area contributed by atoms with E-state index in [1.165, 1.54) is 19.2 Å². The van der Waals surface area contributed by atoms with E-state index < -0.39 is 15.6 Å². The summed E-state index contributed by atoms with van der Waals surface area (Å²) in [7, 11) is -2.37. The van der Waals surface area contributed by atoms with E-state index in [1.54, 1.807) is 6.07 Å². The number of nitrogens with one attached hydrogen (secondary N) is 1.